The first-order valence-corrected chi connectivity index (χ1v) is 15.9. The smallest absolute Gasteiger partial charge is 0.161 e. The summed E-state index contributed by atoms with van der Waals surface area (Å²) in [6.45, 7) is 9.20. The summed E-state index contributed by atoms with van der Waals surface area (Å²) in [5, 5.41) is 2.40. The van der Waals surface area contributed by atoms with E-state index in [2.05, 4.69) is 125 Å². The van der Waals surface area contributed by atoms with Gasteiger partial charge in [0, 0.05) is 51.0 Å². The molecule has 4 aromatic carbocycles. The van der Waals surface area contributed by atoms with Crippen LogP contribution in [0.25, 0.3) is 67.2 Å². The third-order valence-corrected chi connectivity index (χ3v) is 10.2. The van der Waals surface area contributed by atoms with E-state index in [-0.39, 0.29) is 10.8 Å². The molecule has 0 fully saturated rings. The summed E-state index contributed by atoms with van der Waals surface area (Å²) in [5.41, 5.74) is 14.1. The third kappa shape index (κ3) is 3.86. The number of rotatable bonds is 3. The number of fused-ring (bicyclic) bond motifs is 7. The van der Waals surface area contributed by atoms with E-state index in [1.54, 1.807) is 0 Å². The lowest BCUT2D eigenvalue weighted by molar-refractivity contribution is 0.651. The Morgan fingerprint density at radius 2 is 1.11 bits per heavy atom. The molecule has 0 radical (unpaired) electrons. The van der Waals surface area contributed by atoms with E-state index in [0.29, 0.717) is 5.82 Å². The molecule has 0 amide bonds. The lowest BCUT2D eigenvalue weighted by atomic mass is 9.79. The van der Waals surface area contributed by atoms with Crippen LogP contribution in [0.15, 0.2) is 122 Å². The van der Waals surface area contributed by atoms with Gasteiger partial charge in [-0.25, -0.2) is 9.97 Å². The molecule has 4 heteroatoms. The highest BCUT2D eigenvalue weighted by atomic mass is 14.9. The molecule has 0 saturated heterocycles. The van der Waals surface area contributed by atoms with Gasteiger partial charge in [-0.15, -0.1) is 0 Å². The molecule has 220 valence electrons. The Morgan fingerprint density at radius 1 is 0.457 bits per heavy atom. The van der Waals surface area contributed by atoms with Crippen LogP contribution in [-0.4, -0.2) is 19.9 Å². The van der Waals surface area contributed by atoms with E-state index < -0.39 is 0 Å². The molecule has 0 N–H and O–H groups in total. The minimum atomic E-state index is -0.247. The van der Waals surface area contributed by atoms with Crippen molar-refractivity contribution in [2.24, 2.45) is 0 Å². The Labute approximate surface area is 268 Å². The van der Waals surface area contributed by atoms with Gasteiger partial charge in [-0.05, 0) is 69.4 Å². The highest BCUT2D eigenvalue weighted by molar-refractivity contribution is 5.89. The molecule has 9 rings (SSSR count). The van der Waals surface area contributed by atoms with Gasteiger partial charge < -0.3 is 0 Å². The van der Waals surface area contributed by atoms with Gasteiger partial charge in [-0.2, -0.15) is 0 Å². The highest BCUT2D eigenvalue weighted by Gasteiger charge is 2.42. The normalized spacial score (nSPS) is 14.9. The fourth-order valence-corrected chi connectivity index (χ4v) is 7.55. The SMILES string of the molecule is CC1(C)c2cc3c(cc2-c2ncccc21)C(C)(C)c1cc(-c2nc(-c4ccccc4)cc(-c4ccc5ccccc5c4)n2)cnc1-3. The van der Waals surface area contributed by atoms with Crippen LogP contribution in [0.5, 0.6) is 0 Å². The van der Waals surface area contributed by atoms with Gasteiger partial charge in [0.1, 0.15) is 0 Å². The molecule has 0 spiro atoms. The lowest BCUT2D eigenvalue weighted by Gasteiger charge is -2.24. The summed E-state index contributed by atoms with van der Waals surface area (Å²) < 4.78 is 0. The third-order valence-electron chi connectivity index (χ3n) is 10.2. The average molecular weight is 593 g/mol. The maximum atomic E-state index is 5.16. The molecule has 3 aromatic heterocycles. The van der Waals surface area contributed by atoms with Crippen LogP contribution in [0.4, 0.5) is 0 Å². The zero-order valence-electron chi connectivity index (χ0n) is 26.3. The van der Waals surface area contributed by atoms with Crippen LogP contribution in [0, 0.1) is 0 Å². The molecule has 0 saturated carbocycles. The average Bonchev–Trinajstić information content (AvgIpc) is 3.46. The molecule has 2 aliphatic carbocycles. The first-order valence-electron chi connectivity index (χ1n) is 15.9. The van der Waals surface area contributed by atoms with Crippen molar-refractivity contribution in [1.29, 1.82) is 0 Å². The zero-order chi connectivity index (χ0) is 31.2. The molecule has 0 atom stereocenters. The largest absolute Gasteiger partial charge is 0.256 e. The van der Waals surface area contributed by atoms with E-state index in [1.165, 1.54) is 44.2 Å². The zero-order valence-corrected chi connectivity index (χ0v) is 26.3. The van der Waals surface area contributed by atoms with Gasteiger partial charge in [0.2, 0.25) is 0 Å². The molecule has 0 bridgehead atoms. The van der Waals surface area contributed by atoms with Crippen molar-refractivity contribution in [2.45, 2.75) is 38.5 Å². The fourth-order valence-electron chi connectivity index (χ4n) is 7.55. The van der Waals surface area contributed by atoms with Crippen molar-refractivity contribution >= 4 is 10.8 Å². The van der Waals surface area contributed by atoms with Gasteiger partial charge in [0.15, 0.2) is 5.82 Å². The van der Waals surface area contributed by atoms with E-state index >= 15 is 0 Å². The number of benzene rings is 4. The van der Waals surface area contributed by atoms with Crippen molar-refractivity contribution in [3.8, 4) is 56.4 Å². The molecule has 7 aromatic rings. The number of hydrogen-bond acceptors (Lipinski definition) is 4. The predicted molar refractivity (Wildman–Crippen MR) is 187 cm³/mol. The quantitative estimate of drug-likeness (QED) is 0.205. The molecule has 0 unspecified atom stereocenters. The molecule has 2 aliphatic rings. The van der Waals surface area contributed by atoms with Crippen molar-refractivity contribution in [3.05, 3.63) is 144 Å². The van der Waals surface area contributed by atoms with Crippen LogP contribution in [0.1, 0.15) is 49.9 Å². The first kappa shape index (κ1) is 26.9. The van der Waals surface area contributed by atoms with Gasteiger partial charge in [-0.1, -0.05) is 100 Å². The van der Waals surface area contributed by atoms with Crippen LogP contribution in [-0.2, 0) is 10.8 Å². The molecular weight excluding hydrogens is 560 g/mol. The van der Waals surface area contributed by atoms with E-state index in [1.807, 2.05) is 24.5 Å². The maximum Gasteiger partial charge on any atom is 0.161 e. The Bertz CT molecular complexity index is 2370. The minimum absolute atomic E-state index is 0.119. The summed E-state index contributed by atoms with van der Waals surface area (Å²) >= 11 is 0. The highest BCUT2D eigenvalue weighted by Crippen LogP contribution is 2.55. The Hall–Kier alpha value is -5.48. The molecule has 3 heterocycles. The monoisotopic (exact) mass is 592 g/mol. The van der Waals surface area contributed by atoms with Gasteiger partial charge in [0.05, 0.1) is 22.8 Å². The summed E-state index contributed by atoms with van der Waals surface area (Å²) in [4.78, 5) is 20.3. The Morgan fingerprint density at radius 3 is 1.87 bits per heavy atom. The molecule has 46 heavy (non-hydrogen) atoms. The lowest BCUT2D eigenvalue weighted by Crippen LogP contribution is -2.17. The minimum Gasteiger partial charge on any atom is -0.256 e. The Balaban J connectivity index is 1.20. The molecule has 4 nitrogen and oxygen atoms in total. The van der Waals surface area contributed by atoms with Crippen molar-refractivity contribution < 1.29 is 0 Å². The number of aromatic nitrogens is 4. The van der Waals surface area contributed by atoms with Gasteiger partial charge >= 0.3 is 0 Å². The maximum absolute atomic E-state index is 5.16. The summed E-state index contributed by atoms with van der Waals surface area (Å²) in [6, 6.07) is 38.7. The predicted octanol–water partition coefficient (Wildman–Crippen LogP) is 10.0. The van der Waals surface area contributed by atoms with Gasteiger partial charge in [-0.3, -0.25) is 9.97 Å². The van der Waals surface area contributed by atoms with Crippen molar-refractivity contribution in [2.75, 3.05) is 0 Å². The fraction of sp³-hybridized carbons (Fsp3) is 0.143. The van der Waals surface area contributed by atoms with E-state index in [9.17, 15) is 0 Å². The van der Waals surface area contributed by atoms with Crippen molar-refractivity contribution in [1.82, 2.24) is 19.9 Å². The second kappa shape index (κ2) is 9.51. The van der Waals surface area contributed by atoms with E-state index in [4.69, 9.17) is 19.9 Å². The molecular formula is C42H32N4. The number of nitrogens with zero attached hydrogens (tertiary/aromatic N) is 4. The second-order valence-corrected chi connectivity index (χ2v) is 13.6. The summed E-state index contributed by atoms with van der Waals surface area (Å²) in [7, 11) is 0. The van der Waals surface area contributed by atoms with Gasteiger partial charge in [0.25, 0.3) is 0 Å². The summed E-state index contributed by atoms with van der Waals surface area (Å²) in [5.74, 6) is 0.674. The standard InChI is InChI=1S/C42H32N4/c1-41(2)32-15-10-18-43-38(32)30-21-34-31(22-33(30)41)39-35(42(34,3)4)20-29(24-44-39)40-45-36(26-12-6-5-7-13-26)23-37(46-40)28-17-16-25-11-8-9-14-27(25)19-28/h5-24H,1-4H3. The molecule has 0 aliphatic heterocycles. The van der Waals surface area contributed by atoms with Crippen LogP contribution in [0.3, 0.4) is 0 Å². The number of pyridine rings is 2. The van der Waals surface area contributed by atoms with E-state index in [0.717, 1.165) is 39.5 Å². The van der Waals surface area contributed by atoms with Crippen molar-refractivity contribution in [3.63, 3.8) is 0 Å². The van der Waals surface area contributed by atoms with Crippen LogP contribution >= 0.6 is 0 Å². The van der Waals surface area contributed by atoms with Crippen LogP contribution < -0.4 is 0 Å². The second-order valence-electron chi connectivity index (χ2n) is 13.6. The van der Waals surface area contributed by atoms with Crippen LogP contribution in [0.2, 0.25) is 0 Å². The first-order chi connectivity index (χ1) is 22.3. The number of hydrogen-bond donors (Lipinski definition) is 0. The Kier molecular flexibility index (Phi) is 5.56. The topological polar surface area (TPSA) is 51.6 Å². The summed E-state index contributed by atoms with van der Waals surface area (Å²) in [6.07, 6.45) is 3.85.